The van der Waals surface area contributed by atoms with E-state index in [1.165, 1.54) is 0 Å². The van der Waals surface area contributed by atoms with Gasteiger partial charge in [-0.05, 0) is 53.3 Å². The lowest BCUT2D eigenvalue weighted by molar-refractivity contribution is 0.0222. The van der Waals surface area contributed by atoms with Crippen LogP contribution in [0.4, 0.5) is 0 Å². The molecule has 2 aliphatic rings. The summed E-state index contributed by atoms with van der Waals surface area (Å²) in [5.74, 6) is 1.20. The summed E-state index contributed by atoms with van der Waals surface area (Å²) < 4.78 is 23.8. The van der Waals surface area contributed by atoms with Crippen molar-refractivity contribution >= 4 is 28.6 Å². The summed E-state index contributed by atoms with van der Waals surface area (Å²) in [6.07, 6.45) is 0. The highest BCUT2D eigenvalue weighted by Gasteiger charge is 2.54. The first kappa shape index (κ1) is 19.2. The monoisotopic (exact) mass is 516 g/mol. The van der Waals surface area contributed by atoms with E-state index in [-0.39, 0.29) is 12.5 Å². The van der Waals surface area contributed by atoms with E-state index >= 15 is 0 Å². The highest BCUT2D eigenvalue weighted by Crippen LogP contribution is 2.57. The summed E-state index contributed by atoms with van der Waals surface area (Å²) in [7, 11) is 1.55. The van der Waals surface area contributed by atoms with Gasteiger partial charge in [0, 0.05) is 35.9 Å². The third-order valence-electron chi connectivity index (χ3n) is 5.42. The molecule has 0 saturated carbocycles. The third-order valence-corrected chi connectivity index (χ3v) is 6.26. The van der Waals surface area contributed by atoms with Crippen LogP contribution in [0.5, 0.6) is 23.0 Å². The average Bonchev–Trinajstić information content (AvgIpc) is 3.03. The molecule has 0 aromatic heterocycles. The summed E-state index contributed by atoms with van der Waals surface area (Å²) >= 11 is 2.18. The number of phenols is 1. The van der Waals surface area contributed by atoms with Crippen molar-refractivity contribution in [2.75, 3.05) is 13.9 Å². The lowest BCUT2D eigenvalue weighted by atomic mass is 9.77. The van der Waals surface area contributed by atoms with E-state index in [4.69, 9.17) is 18.9 Å². The van der Waals surface area contributed by atoms with Gasteiger partial charge in [-0.2, -0.15) is 0 Å². The number of hydrogen-bond acceptors (Lipinski definition) is 6. The molecule has 3 aromatic carbocycles. The number of aromatic hydroxyl groups is 1. The zero-order chi connectivity index (χ0) is 21.0. The second-order valence-corrected chi connectivity index (χ2v) is 8.35. The molecule has 0 fully saturated rings. The van der Waals surface area contributed by atoms with Crippen molar-refractivity contribution < 1.29 is 28.8 Å². The van der Waals surface area contributed by atoms with Gasteiger partial charge in [0.15, 0.2) is 12.4 Å². The average molecular weight is 516 g/mol. The molecule has 6 nitrogen and oxygen atoms in total. The topological polar surface area (TPSA) is 74.2 Å². The van der Waals surface area contributed by atoms with Gasteiger partial charge >= 0.3 is 5.97 Å². The predicted octanol–water partition coefficient (Wildman–Crippen LogP) is 4.86. The van der Waals surface area contributed by atoms with Crippen molar-refractivity contribution in [2.24, 2.45) is 0 Å². The summed E-state index contributed by atoms with van der Waals surface area (Å²) in [6.45, 7) is 1.89. The molecule has 1 unspecified atom stereocenters. The van der Waals surface area contributed by atoms with Crippen LogP contribution < -0.4 is 9.47 Å². The van der Waals surface area contributed by atoms with Gasteiger partial charge in [-0.25, -0.2) is 4.79 Å². The maximum absolute atomic E-state index is 12.8. The van der Waals surface area contributed by atoms with Gasteiger partial charge in [-0.1, -0.05) is 18.2 Å². The summed E-state index contributed by atoms with van der Waals surface area (Å²) in [5, 5.41) is 10.3. The fraction of sp³-hybridized carbons (Fsp3) is 0.174. The molecule has 3 aromatic rings. The number of methoxy groups -OCH3 is 1. The minimum atomic E-state index is -1.17. The van der Waals surface area contributed by atoms with E-state index in [1.54, 1.807) is 32.2 Å². The first-order valence-electron chi connectivity index (χ1n) is 9.26. The van der Waals surface area contributed by atoms with E-state index in [0.29, 0.717) is 39.5 Å². The SMILES string of the molecule is COCOc1cc2c(cc1I)C1(OC(=O)c3ccccc31)c1cc(C)c(O)cc1O2. The van der Waals surface area contributed by atoms with Gasteiger partial charge in [-0.15, -0.1) is 0 Å². The summed E-state index contributed by atoms with van der Waals surface area (Å²) in [5.41, 5.74) is 2.12. The van der Waals surface area contributed by atoms with Crippen LogP contribution in [-0.2, 0) is 15.1 Å². The molecule has 2 aliphatic heterocycles. The Morgan fingerprint density at radius 2 is 1.80 bits per heavy atom. The number of halogens is 1. The fourth-order valence-electron chi connectivity index (χ4n) is 4.05. The van der Waals surface area contributed by atoms with Gasteiger partial charge in [0.05, 0.1) is 9.13 Å². The molecule has 0 bridgehead atoms. The second-order valence-electron chi connectivity index (χ2n) is 7.18. The molecular formula is C23H17IO6. The molecule has 2 heterocycles. The van der Waals surface area contributed by atoms with Crippen LogP contribution in [0.3, 0.4) is 0 Å². The number of benzene rings is 3. The van der Waals surface area contributed by atoms with Crippen LogP contribution in [0.15, 0.2) is 48.5 Å². The Labute approximate surface area is 186 Å². The van der Waals surface area contributed by atoms with E-state index in [0.717, 1.165) is 9.13 Å². The molecule has 0 saturated heterocycles. The summed E-state index contributed by atoms with van der Waals surface area (Å²) in [6, 6.07) is 14.4. The highest BCUT2D eigenvalue weighted by molar-refractivity contribution is 14.1. The lowest BCUT2D eigenvalue weighted by Crippen LogP contribution is -2.33. The Bertz CT molecular complexity index is 1200. The van der Waals surface area contributed by atoms with E-state index in [1.807, 2.05) is 30.3 Å². The van der Waals surface area contributed by atoms with Gasteiger partial charge in [-0.3, -0.25) is 0 Å². The molecular weight excluding hydrogens is 499 g/mol. The Balaban J connectivity index is 1.83. The quantitative estimate of drug-likeness (QED) is 0.305. The number of ether oxygens (including phenoxy) is 4. The third kappa shape index (κ3) is 2.61. The molecule has 1 spiro atoms. The number of rotatable bonds is 3. The Morgan fingerprint density at radius 1 is 1.07 bits per heavy atom. The smallest absolute Gasteiger partial charge is 0.340 e. The van der Waals surface area contributed by atoms with Gasteiger partial charge in [0.25, 0.3) is 0 Å². The first-order chi connectivity index (χ1) is 14.5. The zero-order valence-corrected chi connectivity index (χ0v) is 18.3. The molecule has 0 radical (unpaired) electrons. The number of fused-ring (bicyclic) bond motifs is 6. The van der Waals surface area contributed by atoms with Crippen LogP contribution in [0, 0.1) is 10.5 Å². The van der Waals surface area contributed by atoms with E-state index in [2.05, 4.69) is 22.6 Å². The van der Waals surface area contributed by atoms with Crippen LogP contribution in [0.25, 0.3) is 0 Å². The fourth-order valence-corrected chi connectivity index (χ4v) is 4.67. The standard InChI is InChI=1S/C23H17IO6/c1-12-7-15-19(9-18(12)25)29-20-10-21(28-11-27-2)17(24)8-16(20)23(15)14-6-4-3-5-13(14)22(26)30-23/h3-10,25H,11H2,1-2H3. The molecule has 1 N–H and O–H groups in total. The Kier molecular flexibility index (Phi) is 4.41. The number of aryl methyl sites for hydroxylation is 1. The van der Waals surface area contributed by atoms with E-state index in [9.17, 15) is 9.90 Å². The summed E-state index contributed by atoms with van der Waals surface area (Å²) in [4.78, 5) is 12.8. The van der Waals surface area contributed by atoms with Gasteiger partial charge in [0.1, 0.15) is 23.0 Å². The number of carbonyl (C=O) groups excluding carboxylic acids is 1. The number of phenolic OH excluding ortho intramolecular Hbond substituents is 1. The van der Waals surface area contributed by atoms with Crippen LogP contribution in [0.2, 0.25) is 0 Å². The van der Waals surface area contributed by atoms with Crippen molar-refractivity contribution in [1.29, 1.82) is 0 Å². The first-order valence-corrected chi connectivity index (χ1v) is 10.3. The van der Waals surface area contributed by atoms with Gasteiger partial charge < -0.3 is 24.1 Å². The van der Waals surface area contributed by atoms with Crippen LogP contribution in [-0.4, -0.2) is 25.0 Å². The predicted molar refractivity (Wildman–Crippen MR) is 116 cm³/mol. The molecule has 30 heavy (non-hydrogen) atoms. The van der Waals surface area contributed by atoms with Crippen molar-refractivity contribution in [1.82, 2.24) is 0 Å². The zero-order valence-electron chi connectivity index (χ0n) is 16.2. The van der Waals surface area contributed by atoms with Crippen LogP contribution in [0.1, 0.15) is 32.6 Å². The molecule has 152 valence electrons. The Hall–Kier alpha value is -2.78. The van der Waals surface area contributed by atoms with E-state index < -0.39 is 11.6 Å². The number of hydrogen-bond donors (Lipinski definition) is 1. The van der Waals surface area contributed by atoms with Crippen LogP contribution >= 0.6 is 22.6 Å². The maximum atomic E-state index is 12.8. The maximum Gasteiger partial charge on any atom is 0.340 e. The molecule has 0 amide bonds. The normalized spacial score (nSPS) is 18.3. The minimum absolute atomic E-state index is 0.0916. The van der Waals surface area contributed by atoms with Gasteiger partial charge in [0.2, 0.25) is 0 Å². The molecule has 0 aliphatic carbocycles. The molecule has 7 heteroatoms. The van der Waals surface area contributed by atoms with Crippen molar-refractivity contribution in [3.63, 3.8) is 0 Å². The Morgan fingerprint density at radius 3 is 2.60 bits per heavy atom. The second kappa shape index (κ2) is 6.88. The van der Waals surface area contributed by atoms with Crippen molar-refractivity contribution in [3.05, 3.63) is 79.9 Å². The number of esters is 1. The lowest BCUT2D eigenvalue weighted by Gasteiger charge is -2.37. The largest absolute Gasteiger partial charge is 0.508 e. The molecule has 1 atom stereocenters. The van der Waals surface area contributed by atoms with Crippen molar-refractivity contribution in [3.8, 4) is 23.0 Å². The highest BCUT2D eigenvalue weighted by atomic mass is 127. The minimum Gasteiger partial charge on any atom is -0.508 e. The van der Waals surface area contributed by atoms with Crippen molar-refractivity contribution in [2.45, 2.75) is 12.5 Å². The molecule has 5 rings (SSSR count). The number of carbonyl (C=O) groups is 1.